The minimum atomic E-state index is -3.99. The summed E-state index contributed by atoms with van der Waals surface area (Å²) >= 11 is 0. The van der Waals surface area contributed by atoms with Crippen LogP contribution in [0.25, 0.3) is 0 Å². The SMILES string of the molecule is CCC1=C(CC)N(CC)C(C)(C)C=C1CS(=O)(=O)O. The van der Waals surface area contributed by atoms with E-state index in [1.54, 1.807) is 0 Å². The van der Waals surface area contributed by atoms with E-state index < -0.39 is 10.1 Å². The Morgan fingerprint density at radius 3 is 2.16 bits per heavy atom. The minimum Gasteiger partial charge on any atom is -0.366 e. The van der Waals surface area contributed by atoms with E-state index in [0.717, 1.165) is 30.5 Å². The van der Waals surface area contributed by atoms with Crippen molar-refractivity contribution in [3.8, 4) is 0 Å². The lowest BCUT2D eigenvalue weighted by Gasteiger charge is -2.44. The lowest BCUT2D eigenvalue weighted by Crippen LogP contribution is -2.45. The first-order chi connectivity index (χ1) is 8.66. The van der Waals surface area contributed by atoms with Gasteiger partial charge >= 0.3 is 0 Å². The molecule has 0 aromatic carbocycles. The number of likely N-dealkylation sites (N-methyl/N-ethyl adjacent to an activating group) is 1. The van der Waals surface area contributed by atoms with Gasteiger partial charge in [0.2, 0.25) is 0 Å². The fourth-order valence-corrected chi connectivity index (χ4v) is 3.70. The molecule has 4 nitrogen and oxygen atoms in total. The molecule has 0 fully saturated rings. The number of rotatable bonds is 5. The average Bonchev–Trinajstić information content (AvgIpc) is 2.24. The highest BCUT2D eigenvalue weighted by Crippen LogP contribution is 2.36. The van der Waals surface area contributed by atoms with Crippen LogP contribution in [0.1, 0.15) is 47.5 Å². The van der Waals surface area contributed by atoms with Gasteiger partial charge in [-0.2, -0.15) is 8.42 Å². The van der Waals surface area contributed by atoms with E-state index in [1.807, 2.05) is 13.0 Å². The van der Waals surface area contributed by atoms with E-state index in [0.29, 0.717) is 0 Å². The van der Waals surface area contributed by atoms with Gasteiger partial charge in [0.25, 0.3) is 10.1 Å². The average molecular weight is 287 g/mol. The summed E-state index contributed by atoms with van der Waals surface area (Å²) < 4.78 is 31.5. The van der Waals surface area contributed by atoms with Gasteiger partial charge in [-0.25, -0.2) is 0 Å². The van der Waals surface area contributed by atoms with E-state index in [9.17, 15) is 8.42 Å². The standard InChI is InChI=1S/C14H25NO3S/c1-6-12-11(10-19(16,17)18)9-14(4,5)15(8-3)13(12)7-2/h9H,6-8,10H2,1-5H3,(H,16,17,18). The third-order valence-electron chi connectivity index (χ3n) is 3.63. The second-order valence-corrected chi connectivity index (χ2v) is 6.88. The molecule has 0 unspecified atom stereocenters. The van der Waals surface area contributed by atoms with Crippen LogP contribution in [0.4, 0.5) is 0 Å². The van der Waals surface area contributed by atoms with Crippen LogP contribution in [0.3, 0.4) is 0 Å². The monoisotopic (exact) mass is 287 g/mol. The summed E-state index contributed by atoms with van der Waals surface area (Å²) in [7, 11) is -3.99. The zero-order valence-electron chi connectivity index (χ0n) is 12.5. The Kier molecular flexibility index (Phi) is 4.85. The van der Waals surface area contributed by atoms with Crippen molar-refractivity contribution in [1.82, 2.24) is 4.90 Å². The van der Waals surface area contributed by atoms with Crippen LogP contribution < -0.4 is 0 Å². The molecule has 0 amide bonds. The van der Waals surface area contributed by atoms with Crippen LogP contribution in [0.5, 0.6) is 0 Å². The third kappa shape index (κ3) is 3.60. The van der Waals surface area contributed by atoms with Crippen molar-refractivity contribution < 1.29 is 13.0 Å². The summed E-state index contributed by atoms with van der Waals surface area (Å²) in [6.07, 6.45) is 3.61. The van der Waals surface area contributed by atoms with E-state index in [-0.39, 0.29) is 11.3 Å². The summed E-state index contributed by atoms with van der Waals surface area (Å²) in [6.45, 7) is 11.2. The Labute approximate surface area is 116 Å². The van der Waals surface area contributed by atoms with E-state index in [4.69, 9.17) is 4.55 Å². The number of hydrogen-bond acceptors (Lipinski definition) is 3. The van der Waals surface area contributed by atoms with Crippen LogP contribution in [0.2, 0.25) is 0 Å². The van der Waals surface area contributed by atoms with E-state index >= 15 is 0 Å². The molecule has 1 aliphatic heterocycles. The summed E-state index contributed by atoms with van der Waals surface area (Å²) in [5.41, 5.74) is 2.77. The molecule has 19 heavy (non-hydrogen) atoms. The van der Waals surface area contributed by atoms with Gasteiger partial charge in [0.1, 0.15) is 5.75 Å². The fraction of sp³-hybridized carbons (Fsp3) is 0.714. The Hall–Kier alpha value is -0.810. The quantitative estimate of drug-likeness (QED) is 0.790. The van der Waals surface area contributed by atoms with Gasteiger partial charge in [0.15, 0.2) is 0 Å². The fourth-order valence-electron chi connectivity index (χ4n) is 3.05. The van der Waals surface area contributed by atoms with Gasteiger partial charge in [-0.1, -0.05) is 19.9 Å². The Balaban J connectivity index is 3.37. The molecule has 0 aromatic heterocycles. The highest BCUT2D eigenvalue weighted by molar-refractivity contribution is 7.86. The van der Waals surface area contributed by atoms with E-state index in [2.05, 4.69) is 32.6 Å². The van der Waals surface area contributed by atoms with Crippen molar-refractivity contribution in [2.24, 2.45) is 0 Å². The Bertz CT molecular complexity index is 501. The minimum absolute atomic E-state index is 0.223. The molecule has 1 heterocycles. The molecule has 0 spiro atoms. The van der Waals surface area contributed by atoms with Gasteiger partial charge in [0, 0.05) is 12.2 Å². The first-order valence-electron chi connectivity index (χ1n) is 6.83. The third-order valence-corrected chi connectivity index (χ3v) is 4.30. The van der Waals surface area contributed by atoms with Gasteiger partial charge < -0.3 is 4.90 Å². The molecule has 1 rings (SSSR count). The highest BCUT2D eigenvalue weighted by atomic mass is 32.2. The number of allylic oxidation sites excluding steroid dienone is 2. The molecular formula is C14H25NO3S. The second kappa shape index (κ2) is 5.67. The highest BCUT2D eigenvalue weighted by Gasteiger charge is 2.32. The zero-order valence-corrected chi connectivity index (χ0v) is 13.3. The van der Waals surface area contributed by atoms with Crippen molar-refractivity contribution in [1.29, 1.82) is 0 Å². The van der Waals surface area contributed by atoms with E-state index in [1.165, 1.54) is 5.70 Å². The maximum atomic E-state index is 11.2. The molecule has 0 saturated carbocycles. The van der Waals surface area contributed by atoms with Crippen molar-refractivity contribution in [2.45, 2.75) is 53.0 Å². The predicted octanol–water partition coefficient (Wildman–Crippen LogP) is 2.99. The Morgan fingerprint density at radius 1 is 1.21 bits per heavy atom. The van der Waals surface area contributed by atoms with Crippen molar-refractivity contribution in [3.05, 3.63) is 22.9 Å². The summed E-state index contributed by atoms with van der Waals surface area (Å²) in [6, 6.07) is 0. The van der Waals surface area contributed by atoms with Gasteiger partial charge in [-0.05, 0) is 44.8 Å². The molecular weight excluding hydrogens is 262 g/mol. The van der Waals surface area contributed by atoms with Crippen molar-refractivity contribution >= 4 is 10.1 Å². The number of nitrogens with zero attached hydrogens (tertiary/aromatic N) is 1. The Morgan fingerprint density at radius 2 is 1.79 bits per heavy atom. The first-order valence-corrected chi connectivity index (χ1v) is 8.44. The van der Waals surface area contributed by atoms with Crippen molar-refractivity contribution in [2.75, 3.05) is 12.3 Å². The maximum Gasteiger partial charge on any atom is 0.269 e. The lowest BCUT2D eigenvalue weighted by molar-refractivity contribution is 0.209. The smallest absolute Gasteiger partial charge is 0.269 e. The van der Waals surface area contributed by atoms with Gasteiger partial charge in [-0.15, -0.1) is 0 Å². The molecule has 1 N–H and O–H groups in total. The van der Waals surface area contributed by atoms with Crippen LogP contribution >= 0.6 is 0 Å². The van der Waals surface area contributed by atoms with Gasteiger partial charge in [-0.3, -0.25) is 4.55 Å². The first kappa shape index (κ1) is 16.2. The molecule has 0 radical (unpaired) electrons. The molecule has 0 bridgehead atoms. The maximum absolute atomic E-state index is 11.2. The summed E-state index contributed by atoms with van der Waals surface area (Å²) in [5, 5.41) is 0. The molecule has 0 aliphatic carbocycles. The van der Waals surface area contributed by atoms with Crippen LogP contribution in [-0.4, -0.2) is 35.7 Å². The number of hydrogen-bond donors (Lipinski definition) is 1. The normalized spacial score (nSPS) is 19.7. The van der Waals surface area contributed by atoms with Crippen LogP contribution in [0.15, 0.2) is 22.9 Å². The van der Waals surface area contributed by atoms with Gasteiger partial charge in [0.05, 0.1) is 5.54 Å². The van der Waals surface area contributed by atoms with Crippen LogP contribution in [-0.2, 0) is 10.1 Å². The van der Waals surface area contributed by atoms with Crippen LogP contribution in [0, 0.1) is 0 Å². The zero-order chi connectivity index (χ0) is 14.8. The largest absolute Gasteiger partial charge is 0.366 e. The summed E-state index contributed by atoms with van der Waals surface area (Å²) in [5.74, 6) is -0.291. The second-order valence-electron chi connectivity index (χ2n) is 5.43. The lowest BCUT2D eigenvalue weighted by atomic mass is 9.87. The molecule has 0 aromatic rings. The molecule has 1 aliphatic rings. The predicted molar refractivity (Wildman–Crippen MR) is 78.6 cm³/mol. The molecule has 110 valence electrons. The molecule has 0 saturated heterocycles. The molecule has 5 heteroatoms. The topological polar surface area (TPSA) is 57.6 Å². The van der Waals surface area contributed by atoms with Crippen molar-refractivity contribution in [3.63, 3.8) is 0 Å². The molecule has 0 atom stereocenters. The summed E-state index contributed by atoms with van der Waals surface area (Å²) in [4.78, 5) is 2.30.